The third-order valence-electron chi connectivity index (χ3n) is 6.81. The smallest absolute Gasteiger partial charge is 0.224 e. The van der Waals surface area contributed by atoms with E-state index < -0.39 is 0 Å². The number of rotatable bonds is 16. The third kappa shape index (κ3) is 10.4. The van der Waals surface area contributed by atoms with Crippen LogP contribution in [-0.4, -0.2) is 11.2 Å². The Kier molecular flexibility index (Phi) is 12.8. The highest BCUT2D eigenvalue weighted by Crippen LogP contribution is 2.27. The van der Waals surface area contributed by atoms with Crippen molar-refractivity contribution in [3.63, 3.8) is 0 Å². The average molecular weight is 517 g/mol. The third-order valence-corrected chi connectivity index (χ3v) is 7.74. The second-order valence-corrected chi connectivity index (χ2v) is 11.1. The van der Waals surface area contributed by atoms with Gasteiger partial charge in [-0.1, -0.05) is 95.2 Å². The maximum Gasteiger partial charge on any atom is 0.224 e. The quantitative estimate of drug-likeness (QED) is 0.140. The van der Waals surface area contributed by atoms with Gasteiger partial charge in [0.15, 0.2) is 0 Å². The molecule has 1 atom stereocenters. The molecule has 37 heavy (non-hydrogen) atoms. The Morgan fingerprint density at radius 2 is 1.27 bits per heavy atom. The Bertz CT molecular complexity index is 1040. The standard InChI is InChI=1S/C34H44O2S/c1-4-6-8-10-12-14-28-15-25-33(26-16-28)37-34(35)31-19-17-29(18-20-31)30-21-23-32(24-22-30)36-27(3)13-11-9-7-5-2/h15-27H,4-14H2,1-3H3/t27-/m0/s1. The number of hydrogen-bond acceptors (Lipinski definition) is 3. The first-order valence-electron chi connectivity index (χ1n) is 14.3. The van der Waals surface area contributed by atoms with Gasteiger partial charge in [0.1, 0.15) is 5.75 Å². The first-order valence-corrected chi connectivity index (χ1v) is 15.1. The number of aryl methyl sites for hydroxylation is 1. The Hall–Kier alpha value is -2.52. The van der Waals surface area contributed by atoms with E-state index in [1.165, 1.54) is 75.1 Å². The summed E-state index contributed by atoms with van der Waals surface area (Å²) in [4.78, 5) is 13.8. The van der Waals surface area contributed by atoms with Gasteiger partial charge in [-0.05, 0) is 97.5 Å². The van der Waals surface area contributed by atoms with Gasteiger partial charge in [-0.15, -0.1) is 0 Å². The fourth-order valence-corrected chi connectivity index (χ4v) is 5.24. The van der Waals surface area contributed by atoms with E-state index in [4.69, 9.17) is 4.74 Å². The molecule has 0 saturated heterocycles. The molecule has 0 radical (unpaired) electrons. The molecule has 0 spiro atoms. The Morgan fingerprint density at radius 1 is 0.703 bits per heavy atom. The minimum Gasteiger partial charge on any atom is -0.491 e. The van der Waals surface area contributed by atoms with Crippen LogP contribution in [0.1, 0.15) is 101 Å². The molecule has 3 heteroatoms. The zero-order valence-electron chi connectivity index (χ0n) is 23.0. The van der Waals surface area contributed by atoms with E-state index in [9.17, 15) is 4.79 Å². The van der Waals surface area contributed by atoms with Crippen LogP contribution in [0, 0.1) is 0 Å². The molecule has 0 amide bonds. The summed E-state index contributed by atoms with van der Waals surface area (Å²) >= 11 is 1.30. The van der Waals surface area contributed by atoms with Crippen LogP contribution in [0.3, 0.4) is 0 Å². The van der Waals surface area contributed by atoms with Crippen molar-refractivity contribution in [2.75, 3.05) is 0 Å². The molecule has 0 unspecified atom stereocenters. The molecule has 198 valence electrons. The predicted octanol–water partition coefficient (Wildman–Crippen LogP) is 10.5. The highest BCUT2D eigenvalue weighted by molar-refractivity contribution is 8.14. The average Bonchev–Trinajstić information content (AvgIpc) is 2.92. The summed E-state index contributed by atoms with van der Waals surface area (Å²) in [6.07, 6.45) is 14.0. The second kappa shape index (κ2) is 16.3. The van der Waals surface area contributed by atoms with Crippen LogP contribution >= 0.6 is 11.8 Å². The van der Waals surface area contributed by atoms with Gasteiger partial charge in [0, 0.05) is 10.5 Å². The molecule has 0 aromatic heterocycles. The minimum absolute atomic E-state index is 0.0792. The Morgan fingerprint density at radius 3 is 1.89 bits per heavy atom. The van der Waals surface area contributed by atoms with Crippen molar-refractivity contribution in [2.45, 2.75) is 102 Å². The molecule has 3 aromatic carbocycles. The summed E-state index contributed by atoms with van der Waals surface area (Å²) in [5, 5.41) is 0.0792. The summed E-state index contributed by atoms with van der Waals surface area (Å²) in [6.45, 7) is 6.64. The molecule has 0 aliphatic rings. The molecule has 0 fully saturated rings. The van der Waals surface area contributed by atoms with Gasteiger partial charge in [-0.2, -0.15) is 0 Å². The lowest BCUT2D eigenvalue weighted by atomic mass is 10.0. The van der Waals surface area contributed by atoms with Crippen molar-refractivity contribution in [3.8, 4) is 16.9 Å². The van der Waals surface area contributed by atoms with E-state index in [2.05, 4.69) is 57.2 Å². The first-order chi connectivity index (χ1) is 18.1. The van der Waals surface area contributed by atoms with E-state index in [1.54, 1.807) is 0 Å². The maximum absolute atomic E-state index is 12.8. The SMILES string of the molecule is CCCCCCCc1ccc(SC(=O)c2ccc(-c3ccc(O[C@@H](C)CCCCCC)cc3)cc2)cc1. The van der Waals surface area contributed by atoms with Gasteiger partial charge in [0.2, 0.25) is 5.12 Å². The highest BCUT2D eigenvalue weighted by atomic mass is 32.2. The molecule has 0 heterocycles. The molecule has 0 bridgehead atoms. The van der Waals surface area contributed by atoms with Gasteiger partial charge in [-0.3, -0.25) is 4.79 Å². The molecule has 0 aliphatic heterocycles. The largest absolute Gasteiger partial charge is 0.491 e. The molecule has 0 N–H and O–H groups in total. The van der Waals surface area contributed by atoms with Crippen LogP contribution in [0.15, 0.2) is 77.7 Å². The van der Waals surface area contributed by atoms with Gasteiger partial charge in [0.25, 0.3) is 0 Å². The minimum atomic E-state index is 0.0792. The van der Waals surface area contributed by atoms with Gasteiger partial charge >= 0.3 is 0 Å². The number of carbonyl (C=O) groups excluding carboxylic acids is 1. The number of hydrogen-bond donors (Lipinski definition) is 0. The number of carbonyl (C=O) groups is 1. The first kappa shape index (κ1) is 29.0. The van der Waals surface area contributed by atoms with E-state index in [-0.39, 0.29) is 11.2 Å². The lowest BCUT2D eigenvalue weighted by molar-refractivity contribution is 0.108. The van der Waals surface area contributed by atoms with E-state index in [0.717, 1.165) is 40.2 Å². The summed E-state index contributed by atoms with van der Waals surface area (Å²) in [5.74, 6) is 0.914. The topological polar surface area (TPSA) is 26.3 Å². The van der Waals surface area contributed by atoms with Crippen LogP contribution in [0.2, 0.25) is 0 Å². The number of benzene rings is 3. The van der Waals surface area contributed by atoms with Crippen LogP contribution in [-0.2, 0) is 6.42 Å². The normalized spacial score (nSPS) is 11.9. The second-order valence-electron chi connectivity index (χ2n) is 10.1. The summed E-state index contributed by atoms with van der Waals surface area (Å²) in [7, 11) is 0. The molecule has 2 nitrogen and oxygen atoms in total. The molecular formula is C34H44O2S. The van der Waals surface area contributed by atoms with Crippen molar-refractivity contribution in [1.29, 1.82) is 0 Å². The maximum atomic E-state index is 12.8. The molecule has 0 saturated carbocycles. The van der Waals surface area contributed by atoms with E-state index >= 15 is 0 Å². The molecule has 0 aliphatic carbocycles. The van der Waals surface area contributed by atoms with Gasteiger partial charge in [0.05, 0.1) is 6.10 Å². The van der Waals surface area contributed by atoms with Crippen molar-refractivity contribution in [2.24, 2.45) is 0 Å². The lowest BCUT2D eigenvalue weighted by Gasteiger charge is -2.15. The zero-order chi connectivity index (χ0) is 26.3. The zero-order valence-corrected chi connectivity index (χ0v) is 23.8. The molecule has 3 aromatic rings. The number of ether oxygens (including phenoxy) is 1. The summed E-state index contributed by atoms with van der Waals surface area (Å²) in [5.41, 5.74) is 4.31. The monoisotopic (exact) mass is 516 g/mol. The predicted molar refractivity (Wildman–Crippen MR) is 160 cm³/mol. The fourth-order valence-electron chi connectivity index (χ4n) is 4.50. The Balaban J connectivity index is 1.47. The summed E-state index contributed by atoms with van der Waals surface area (Å²) < 4.78 is 6.09. The van der Waals surface area contributed by atoms with Gasteiger partial charge in [-0.25, -0.2) is 0 Å². The lowest BCUT2D eigenvalue weighted by Crippen LogP contribution is -2.11. The van der Waals surface area contributed by atoms with Crippen LogP contribution in [0.25, 0.3) is 11.1 Å². The Labute approximate surface area is 229 Å². The van der Waals surface area contributed by atoms with Crippen molar-refractivity contribution < 1.29 is 9.53 Å². The summed E-state index contributed by atoms with van der Waals surface area (Å²) in [6, 6.07) is 24.7. The van der Waals surface area contributed by atoms with E-state index in [1.807, 2.05) is 36.4 Å². The molecular weight excluding hydrogens is 472 g/mol. The number of unbranched alkanes of at least 4 members (excludes halogenated alkanes) is 7. The van der Waals surface area contributed by atoms with Crippen molar-refractivity contribution in [3.05, 3.63) is 83.9 Å². The van der Waals surface area contributed by atoms with Crippen LogP contribution < -0.4 is 4.74 Å². The highest BCUT2D eigenvalue weighted by Gasteiger charge is 2.10. The van der Waals surface area contributed by atoms with Crippen LogP contribution in [0.4, 0.5) is 0 Å². The van der Waals surface area contributed by atoms with Crippen LogP contribution in [0.5, 0.6) is 5.75 Å². The van der Waals surface area contributed by atoms with Gasteiger partial charge < -0.3 is 4.74 Å². The molecule has 3 rings (SSSR count). The fraction of sp³-hybridized carbons (Fsp3) is 0.441. The van der Waals surface area contributed by atoms with Crippen molar-refractivity contribution >= 4 is 16.9 Å². The van der Waals surface area contributed by atoms with Crippen molar-refractivity contribution in [1.82, 2.24) is 0 Å². The number of thioether (sulfide) groups is 1. The van der Waals surface area contributed by atoms with E-state index in [0.29, 0.717) is 0 Å².